The largest absolute Gasteiger partial charge is 0.372 e. The summed E-state index contributed by atoms with van der Waals surface area (Å²) < 4.78 is 5.68. The number of amides is 1. The molecule has 0 N–H and O–H groups in total. The lowest BCUT2D eigenvalue weighted by atomic mass is 10.2. The van der Waals surface area contributed by atoms with Crippen LogP contribution < -0.4 is 0 Å². The summed E-state index contributed by atoms with van der Waals surface area (Å²) in [5, 5.41) is -0.0600. The second kappa shape index (κ2) is 6.64. The third-order valence-corrected chi connectivity index (χ3v) is 4.51. The van der Waals surface area contributed by atoms with E-state index in [1.807, 2.05) is 25.7 Å². The maximum absolute atomic E-state index is 12.5. The highest BCUT2D eigenvalue weighted by Crippen LogP contribution is 2.25. The van der Waals surface area contributed by atoms with Gasteiger partial charge in [-0.3, -0.25) is 4.79 Å². The molecule has 3 atom stereocenters. The molecule has 0 spiro atoms. The van der Waals surface area contributed by atoms with Crippen LogP contribution in [0.1, 0.15) is 26.3 Å². The summed E-state index contributed by atoms with van der Waals surface area (Å²) in [7, 11) is 0. The molecule has 20 heavy (non-hydrogen) atoms. The van der Waals surface area contributed by atoms with E-state index in [9.17, 15) is 4.79 Å². The number of thioether (sulfide) groups is 1. The Labute approximate surface area is 125 Å². The van der Waals surface area contributed by atoms with Crippen LogP contribution in [0.5, 0.6) is 0 Å². The highest BCUT2D eigenvalue weighted by atomic mass is 32.2. The first kappa shape index (κ1) is 15.4. The number of rotatable bonds is 3. The molecular weight excluding hydrogens is 270 g/mol. The Morgan fingerprint density at radius 3 is 2.35 bits per heavy atom. The normalized spacial score (nSPS) is 24.5. The molecule has 0 bridgehead atoms. The first-order valence-electron chi connectivity index (χ1n) is 7.13. The van der Waals surface area contributed by atoms with E-state index in [0.717, 1.165) is 4.90 Å². The number of morpholine rings is 1. The fourth-order valence-corrected chi connectivity index (χ4v) is 3.44. The molecule has 0 radical (unpaired) electrons. The van der Waals surface area contributed by atoms with E-state index in [-0.39, 0.29) is 23.4 Å². The van der Waals surface area contributed by atoms with Gasteiger partial charge in [-0.1, -0.05) is 17.7 Å². The third kappa shape index (κ3) is 4.00. The second-order valence-corrected chi connectivity index (χ2v) is 6.99. The van der Waals surface area contributed by atoms with Crippen LogP contribution in [0.25, 0.3) is 0 Å². The van der Waals surface area contributed by atoms with Crippen molar-refractivity contribution in [3.8, 4) is 0 Å². The van der Waals surface area contributed by atoms with Gasteiger partial charge in [-0.25, -0.2) is 0 Å². The van der Waals surface area contributed by atoms with E-state index in [1.165, 1.54) is 5.56 Å². The zero-order chi connectivity index (χ0) is 14.7. The Kier molecular flexibility index (Phi) is 5.11. The summed E-state index contributed by atoms with van der Waals surface area (Å²) in [4.78, 5) is 15.6. The van der Waals surface area contributed by atoms with Gasteiger partial charge in [-0.05, 0) is 39.8 Å². The van der Waals surface area contributed by atoms with Gasteiger partial charge in [0.15, 0.2) is 0 Å². The van der Waals surface area contributed by atoms with Crippen LogP contribution in [-0.4, -0.2) is 41.4 Å². The standard InChI is InChI=1S/C16H23NO2S/c1-11-5-7-15(8-6-11)20-14(4)16(18)17-9-12(2)19-13(3)10-17/h5-8,12-14H,9-10H2,1-4H3. The Balaban J connectivity index is 1.96. The molecule has 1 aliphatic heterocycles. The first-order valence-corrected chi connectivity index (χ1v) is 8.01. The first-order chi connectivity index (χ1) is 9.45. The van der Waals surface area contributed by atoms with Gasteiger partial charge in [-0.15, -0.1) is 11.8 Å². The molecule has 1 aromatic rings. The SMILES string of the molecule is Cc1ccc(SC(C)C(=O)N2CC(C)OC(C)C2)cc1. The Bertz CT molecular complexity index is 450. The maximum atomic E-state index is 12.5. The monoisotopic (exact) mass is 293 g/mol. The van der Waals surface area contributed by atoms with Gasteiger partial charge in [0, 0.05) is 18.0 Å². The predicted octanol–water partition coefficient (Wildman–Crippen LogP) is 3.11. The molecule has 1 fully saturated rings. The van der Waals surface area contributed by atoms with Crippen molar-refractivity contribution in [2.24, 2.45) is 0 Å². The van der Waals surface area contributed by atoms with Crippen molar-refractivity contribution < 1.29 is 9.53 Å². The summed E-state index contributed by atoms with van der Waals surface area (Å²) in [6.07, 6.45) is 0.249. The predicted molar refractivity (Wildman–Crippen MR) is 83.1 cm³/mol. The molecule has 2 rings (SSSR count). The quantitative estimate of drug-likeness (QED) is 0.802. The Hall–Kier alpha value is -1.00. The number of hydrogen-bond donors (Lipinski definition) is 0. The van der Waals surface area contributed by atoms with Crippen LogP contribution in [0.4, 0.5) is 0 Å². The third-order valence-electron chi connectivity index (χ3n) is 3.41. The molecule has 1 saturated heterocycles. The minimum atomic E-state index is -0.0600. The molecule has 1 amide bonds. The zero-order valence-electron chi connectivity index (χ0n) is 12.6. The Morgan fingerprint density at radius 2 is 1.80 bits per heavy atom. The average molecular weight is 293 g/mol. The summed E-state index contributed by atoms with van der Waals surface area (Å²) >= 11 is 1.62. The van der Waals surface area contributed by atoms with Crippen LogP contribution >= 0.6 is 11.8 Å². The van der Waals surface area contributed by atoms with Crippen molar-refractivity contribution in [1.29, 1.82) is 0 Å². The maximum Gasteiger partial charge on any atom is 0.235 e. The molecular formula is C16H23NO2S. The van der Waals surface area contributed by atoms with Crippen molar-refractivity contribution in [2.75, 3.05) is 13.1 Å². The van der Waals surface area contributed by atoms with Crippen LogP contribution in [0.2, 0.25) is 0 Å². The lowest BCUT2D eigenvalue weighted by molar-refractivity contribution is -0.142. The second-order valence-electron chi connectivity index (χ2n) is 5.57. The van der Waals surface area contributed by atoms with Crippen molar-refractivity contribution in [3.63, 3.8) is 0 Å². The van der Waals surface area contributed by atoms with Crippen molar-refractivity contribution in [1.82, 2.24) is 4.90 Å². The lowest BCUT2D eigenvalue weighted by Gasteiger charge is -2.36. The minimum absolute atomic E-state index is 0.0600. The zero-order valence-corrected chi connectivity index (χ0v) is 13.4. The van der Waals surface area contributed by atoms with Crippen LogP contribution in [0.15, 0.2) is 29.2 Å². The van der Waals surface area contributed by atoms with E-state index in [2.05, 4.69) is 31.2 Å². The van der Waals surface area contributed by atoms with Gasteiger partial charge >= 0.3 is 0 Å². The van der Waals surface area contributed by atoms with E-state index in [1.54, 1.807) is 11.8 Å². The summed E-state index contributed by atoms with van der Waals surface area (Å²) in [5.74, 6) is 0.206. The molecule has 110 valence electrons. The van der Waals surface area contributed by atoms with Gasteiger partial charge in [-0.2, -0.15) is 0 Å². The van der Waals surface area contributed by atoms with E-state index >= 15 is 0 Å². The molecule has 0 aromatic heterocycles. The molecule has 1 aliphatic rings. The summed E-state index contributed by atoms with van der Waals surface area (Å²) in [6.45, 7) is 9.49. The fraction of sp³-hybridized carbons (Fsp3) is 0.562. The molecule has 0 aliphatic carbocycles. The van der Waals surface area contributed by atoms with Gasteiger partial charge in [0.2, 0.25) is 5.91 Å². The highest BCUT2D eigenvalue weighted by molar-refractivity contribution is 8.00. The van der Waals surface area contributed by atoms with Crippen LogP contribution in [0.3, 0.4) is 0 Å². The van der Waals surface area contributed by atoms with Crippen molar-refractivity contribution in [3.05, 3.63) is 29.8 Å². The smallest absolute Gasteiger partial charge is 0.235 e. The average Bonchev–Trinajstić information content (AvgIpc) is 2.39. The molecule has 3 unspecified atom stereocenters. The van der Waals surface area contributed by atoms with Gasteiger partial charge in [0.05, 0.1) is 17.5 Å². The molecule has 1 aromatic carbocycles. The summed E-state index contributed by atoms with van der Waals surface area (Å²) in [5.41, 5.74) is 1.24. The fourth-order valence-electron chi connectivity index (χ4n) is 2.49. The van der Waals surface area contributed by atoms with Gasteiger partial charge in [0.1, 0.15) is 0 Å². The van der Waals surface area contributed by atoms with E-state index < -0.39 is 0 Å². The molecule has 4 heteroatoms. The number of hydrogen-bond acceptors (Lipinski definition) is 3. The number of carbonyl (C=O) groups is 1. The van der Waals surface area contributed by atoms with Crippen molar-refractivity contribution in [2.45, 2.75) is 50.0 Å². The Morgan fingerprint density at radius 1 is 1.25 bits per heavy atom. The van der Waals surface area contributed by atoms with Gasteiger partial charge in [0.25, 0.3) is 0 Å². The van der Waals surface area contributed by atoms with Crippen LogP contribution in [-0.2, 0) is 9.53 Å². The number of ether oxygens (including phenoxy) is 1. The van der Waals surface area contributed by atoms with Crippen LogP contribution in [0, 0.1) is 6.92 Å². The lowest BCUT2D eigenvalue weighted by Crippen LogP contribution is -2.50. The number of aryl methyl sites for hydroxylation is 1. The van der Waals surface area contributed by atoms with E-state index in [4.69, 9.17) is 4.74 Å². The highest BCUT2D eigenvalue weighted by Gasteiger charge is 2.28. The van der Waals surface area contributed by atoms with Crippen molar-refractivity contribution >= 4 is 17.7 Å². The molecule has 1 heterocycles. The van der Waals surface area contributed by atoms with E-state index in [0.29, 0.717) is 13.1 Å². The van der Waals surface area contributed by atoms with Gasteiger partial charge < -0.3 is 9.64 Å². The summed E-state index contributed by atoms with van der Waals surface area (Å²) in [6, 6.07) is 8.32. The minimum Gasteiger partial charge on any atom is -0.372 e. The molecule has 3 nitrogen and oxygen atoms in total. The molecule has 0 saturated carbocycles. The topological polar surface area (TPSA) is 29.5 Å². The number of benzene rings is 1. The number of carbonyl (C=O) groups excluding carboxylic acids is 1. The number of nitrogens with zero attached hydrogens (tertiary/aromatic N) is 1.